The molecule has 0 amide bonds. The molecule has 0 atom stereocenters. The molecule has 0 bridgehead atoms. The minimum Gasteiger partial charge on any atom is 0 e. The number of hydrogen-bond acceptors (Lipinski definition) is 2. The molecular weight excluding hydrogens is 244 g/mol. The van der Waals surface area contributed by atoms with Crippen LogP contribution in [0, 0.1) is 20.0 Å². The van der Waals surface area contributed by atoms with Crippen molar-refractivity contribution >= 4 is 5.97 Å². The standard InChI is InChI=1S/C6H6O2.3CO.Fe/c1-8-6(7)5-3-2-4-5;3*1-2;/h2-4H,1H3;;;;. The summed E-state index contributed by atoms with van der Waals surface area (Å²) in [6.07, 6.45) is 5.23. The zero-order chi connectivity index (χ0) is 12.0. The van der Waals surface area contributed by atoms with E-state index >= 15 is 0 Å². The van der Waals surface area contributed by atoms with Gasteiger partial charge in [-0.1, -0.05) is 6.08 Å². The monoisotopic (exact) mass is 250 g/mol. The summed E-state index contributed by atoms with van der Waals surface area (Å²) in [6, 6.07) is 0. The average molecular weight is 250 g/mol. The first kappa shape index (κ1) is 23.5. The van der Waals surface area contributed by atoms with Crippen molar-refractivity contribution in [2.45, 2.75) is 0 Å². The van der Waals surface area contributed by atoms with E-state index in [9.17, 15) is 4.79 Å². The van der Waals surface area contributed by atoms with E-state index < -0.39 is 0 Å². The first-order chi connectivity index (χ1) is 6.84. The number of rotatable bonds is 1. The number of methoxy groups -OCH3 is 1. The molecular formula is C9H6FeO5. The van der Waals surface area contributed by atoms with Crippen molar-refractivity contribution in [1.82, 2.24) is 0 Å². The Bertz CT molecular complexity index is 258. The van der Waals surface area contributed by atoms with Gasteiger partial charge in [-0.15, -0.1) is 0 Å². The van der Waals surface area contributed by atoms with E-state index in [0.717, 1.165) is 0 Å². The Morgan fingerprint density at radius 2 is 1.53 bits per heavy atom. The minimum atomic E-state index is -0.257. The van der Waals surface area contributed by atoms with Crippen LogP contribution in [-0.4, -0.2) is 13.1 Å². The maximum atomic E-state index is 10.5. The molecule has 0 unspecified atom stereocenters. The summed E-state index contributed by atoms with van der Waals surface area (Å²) in [6.45, 7) is 13.5. The van der Waals surface area contributed by atoms with Crippen LogP contribution in [0.1, 0.15) is 0 Å². The van der Waals surface area contributed by atoms with Crippen LogP contribution in [0.3, 0.4) is 0 Å². The van der Waals surface area contributed by atoms with E-state index in [1.165, 1.54) is 7.11 Å². The molecule has 1 aliphatic rings. The summed E-state index contributed by atoms with van der Waals surface area (Å²) >= 11 is 0. The van der Waals surface area contributed by atoms with Crippen molar-refractivity contribution in [2.24, 2.45) is 0 Å². The molecule has 1 rings (SSSR count). The van der Waals surface area contributed by atoms with E-state index in [-0.39, 0.29) is 23.0 Å². The van der Waals surface area contributed by atoms with Crippen LogP contribution in [-0.2, 0) is 40.6 Å². The van der Waals surface area contributed by atoms with Gasteiger partial charge in [0.25, 0.3) is 0 Å². The topological polar surface area (TPSA) is 86.0 Å². The Labute approximate surface area is 97.8 Å². The van der Waals surface area contributed by atoms with Crippen LogP contribution >= 0.6 is 0 Å². The maximum Gasteiger partial charge on any atom is 0 e. The number of carbonyl (C=O) groups excluding carboxylic acids is 1. The summed E-state index contributed by atoms with van der Waals surface area (Å²) in [4.78, 5) is 10.5. The second-order valence-corrected chi connectivity index (χ2v) is 1.47. The Kier molecular flexibility index (Phi) is 35.9. The summed E-state index contributed by atoms with van der Waals surface area (Å²) in [5.74, 6) is -0.257. The van der Waals surface area contributed by atoms with Gasteiger partial charge in [-0.3, -0.25) is 0 Å². The molecule has 0 radical (unpaired) electrons. The molecule has 6 heteroatoms. The molecule has 0 saturated carbocycles. The number of carbonyl (C=O) groups is 1. The minimum absolute atomic E-state index is 0. The van der Waals surface area contributed by atoms with Gasteiger partial charge in [0.05, 0.1) is 12.7 Å². The smallest absolute Gasteiger partial charge is 0 e. The molecule has 0 heterocycles. The first-order valence-electron chi connectivity index (χ1n) is 2.92. The van der Waals surface area contributed by atoms with Crippen molar-refractivity contribution in [3.63, 3.8) is 0 Å². The van der Waals surface area contributed by atoms with Gasteiger partial charge in [-0.25, -0.2) is 4.79 Å². The van der Waals surface area contributed by atoms with Gasteiger partial charge in [0.2, 0.25) is 0 Å². The molecule has 0 saturated heterocycles. The maximum absolute atomic E-state index is 10.5. The van der Waals surface area contributed by atoms with Crippen molar-refractivity contribution in [3.8, 4) is 0 Å². The quantitative estimate of drug-likeness (QED) is 0.294. The second-order valence-electron chi connectivity index (χ2n) is 1.47. The third-order valence-corrected chi connectivity index (χ3v) is 0.973. The molecule has 0 N–H and O–H groups in total. The summed E-state index contributed by atoms with van der Waals surface area (Å²) < 4.78 is 26.9. The van der Waals surface area contributed by atoms with E-state index in [0.29, 0.717) is 5.57 Å². The molecule has 15 heavy (non-hydrogen) atoms. The van der Waals surface area contributed by atoms with Crippen molar-refractivity contribution in [2.75, 3.05) is 7.11 Å². The molecule has 0 aromatic heterocycles. The van der Waals surface area contributed by atoms with Crippen LogP contribution in [0.4, 0.5) is 0 Å². The zero-order valence-corrected chi connectivity index (χ0v) is 8.73. The summed E-state index contributed by atoms with van der Waals surface area (Å²) in [5.41, 5.74) is 0.646. The Hall–Kier alpha value is -1.31. The van der Waals surface area contributed by atoms with Crippen LogP contribution < -0.4 is 0 Å². The van der Waals surface area contributed by atoms with Gasteiger partial charge in [0.1, 0.15) is 0 Å². The van der Waals surface area contributed by atoms with Crippen LogP contribution in [0.2, 0.25) is 0 Å². The Morgan fingerprint density at radius 3 is 1.60 bits per heavy atom. The molecule has 0 aliphatic heterocycles. The van der Waals surface area contributed by atoms with Gasteiger partial charge < -0.3 is 4.74 Å². The predicted molar refractivity (Wildman–Crippen MR) is 41.0 cm³/mol. The fraction of sp³-hybridized carbons (Fsp3) is 0.111. The third-order valence-electron chi connectivity index (χ3n) is 0.973. The zero-order valence-electron chi connectivity index (χ0n) is 7.63. The Morgan fingerprint density at radius 1 is 1.20 bits per heavy atom. The van der Waals surface area contributed by atoms with E-state index in [4.69, 9.17) is 14.0 Å². The number of ether oxygens (including phenoxy) is 1. The SMILES string of the molecule is COC(=O)C1=CC=C1.[C-]#[O+].[C-]#[O+].[C-]#[O+].[Fe]. The molecule has 5 nitrogen and oxygen atoms in total. The van der Waals surface area contributed by atoms with Crippen LogP contribution in [0.15, 0.2) is 23.8 Å². The van der Waals surface area contributed by atoms with Crippen molar-refractivity contribution < 1.29 is 40.6 Å². The first-order valence-corrected chi connectivity index (χ1v) is 2.92. The molecule has 80 valence electrons. The fourth-order valence-electron chi connectivity index (χ4n) is 0.446. The predicted octanol–water partition coefficient (Wildman–Crippen LogP) is 0.541. The third kappa shape index (κ3) is 12.7. The number of hydrogen-bond donors (Lipinski definition) is 0. The number of esters is 1. The second kappa shape index (κ2) is 23.0. The van der Waals surface area contributed by atoms with Gasteiger partial charge in [-0.05, 0) is 12.2 Å². The summed E-state index contributed by atoms with van der Waals surface area (Å²) in [5, 5.41) is 0. The van der Waals surface area contributed by atoms with E-state index in [2.05, 4.69) is 24.7 Å². The van der Waals surface area contributed by atoms with Gasteiger partial charge in [0, 0.05) is 17.1 Å². The fourth-order valence-corrected chi connectivity index (χ4v) is 0.446. The van der Waals surface area contributed by atoms with E-state index in [1.807, 2.05) is 0 Å². The van der Waals surface area contributed by atoms with Gasteiger partial charge >= 0.3 is 39.9 Å². The number of allylic oxidation sites excluding steroid dienone is 2. The van der Waals surface area contributed by atoms with Crippen LogP contribution in [0.25, 0.3) is 0 Å². The van der Waals surface area contributed by atoms with Gasteiger partial charge in [0.15, 0.2) is 0 Å². The largest absolute Gasteiger partial charge is 0 e. The van der Waals surface area contributed by atoms with Crippen LogP contribution in [0.5, 0.6) is 0 Å². The average Bonchev–Trinajstić information content (AvgIpc) is 2.24. The summed E-state index contributed by atoms with van der Waals surface area (Å²) in [7, 11) is 1.37. The molecule has 0 fully saturated rings. The molecule has 0 spiro atoms. The Balaban J connectivity index is -0.0000000755. The normalized spacial score (nSPS) is 8.07. The molecule has 0 aromatic rings. The van der Waals surface area contributed by atoms with Crippen molar-refractivity contribution in [3.05, 3.63) is 43.8 Å². The molecule has 0 aromatic carbocycles. The van der Waals surface area contributed by atoms with E-state index in [1.54, 1.807) is 18.2 Å². The van der Waals surface area contributed by atoms with Crippen molar-refractivity contribution in [1.29, 1.82) is 0 Å². The van der Waals surface area contributed by atoms with Gasteiger partial charge in [-0.2, -0.15) is 0 Å². The molecule has 1 aliphatic carbocycles.